The van der Waals surface area contributed by atoms with Crippen molar-refractivity contribution in [1.29, 1.82) is 0 Å². The molecule has 6 nitrogen and oxygen atoms in total. The molecule has 1 atom stereocenters. The topological polar surface area (TPSA) is 64.8 Å². The van der Waals surface area contributed by atoms with Crippen molar-refractivity contribution in [3.63, 3.8) is 0 Å². The van der Waals surface area contributed by atoms with Gasteiger partial charge in [-0.2, -0.15) is 0 Å². The standard InChI is InChI=1S/C19H24N2O4/c1-13(7-8-18(22)24-3)21-10-9-17-16(12-21)19(20-25-17)14-5-4-6-15(11-14)23-2/h4-6,11,13H,7-10,12H2,1-3H3/t13-/m0/s1. The minimum Gasteiger partial charge on any atom is -0.497 e. The van der Waals surface area contributed by atoms with Crippen LogP contribution in [-0.2, 0) is 22.5 Å². The predicted octanol–water partition coefficient (Wildman–Crippen LogP) is 3.05. The quantitative estimate of drug-likeness (QED) is 0.751. The van der Waals surface area contributed by atoms with Gasteiger partial charge < -0.3 is 14.0 Å². The molecule has 1 aromatic heterocycles. The predicted molar refractivity (Wildman–Crippen MR) is 93.3 cm³/mol. The first-order valence-corrected chi connectivity index (χ1v) is 8.55. The van der Waals surface area contributed by atoms with Gasteiger partial charge in [-0.25, -0.2) is 0 Å². The fraction of sp³-hybridized carbons (Fsp3) is 0.474. The second-order valence-electron chi connectivity index (χ2n) is 6.35. The average Bonchev–Trinajstić information content (AvgIpc) is 3.08. The maximum absolute atomic E-state index is 11.4. The summed E-state index contributed by atoms with van der Waals surface area (Å²) in [5, 5.41) is 4.29. The molecule has 0 fully saturated rings. The zero-order chi connectivity index (χ0) is 17.8. The summed E-state index contributed by atoms with van der Waals surface area (Å²) in [6, 6.07) is 8.14. The van der Waals surface area contributed by atoms with E-state index in [2.05, 4.69) is 17.0 Å². The third-order valence-corrected chi connectivity index (χ3v) is 4.82. The Morgan fingerprint density at radius 3 is 3.00 bits per heavy atom. The monoisotopic (exact) mass is 344 g/mol. The van der Waals surface area contributed by atoms with E-state index in [0.717, 1.165) is 54.3 Å². The number of esters is 1. The SMILES string of the molecule is COC(=O)CC[C@H](C)N1CCc2onc(-c3cccc(OC)c3)c2C1. The largest absolute Gasteiger partial charge is 0.497 e. The lowest BCUT2D eigenvalue weighted by atomic mass is 9.99. The molecule has 0 radical (unpaired) electrons. The molecule has 0 aliphatic carbocycles. The molecule has 0 spiro atoms. The molecule has 1 aromatic carbocycles. The fourth-order valence-electron chi connectivity index (χ4n) is 3.21. The van der Waals surface area contributed by atoms with E-state index < -0.39 is 0 Å². The van der Waals surface area contributed by atoms with Gasteiger partial charge in [-0.05, 0) is 25.5 Å². The first-order valence-electron chi connectivity index (χ1n) is 8.55. The molecule has 1 aliphatic heterocycles. The van der Waals surface area contributed by atoms with Crippen molar-refractivity contribution in [2.45, 2.75) is 38.8 Å². The molecule has 0 N–H and O–H groups in total. The van der Waals surface area contributed by atoms with Crippen LogP contribution in [0.15, 0.2) is 28.8 Å². The Kier molecular flexibility index (Phi) is 5.38. The van der Waals surface area contributed by atoms with E-state index in [1.807, 2.05) is 24.3 Å². The Labute approximate surface area is 147 Å². The zero-order valence-electron chi connectivity index (χ0n) is 14.9. The van der Waals surface area contributed by atoms with Crippen LogP contribution < -0.4 is 4.74 Å². The van der Waals surface area contributed by atoms with Crippen LogP contribution in [0.2, 0.25) is 0 Å². The molecule has 0 bridgehead atoms. The van der Waals surface area contributed by atoms with Crippen molar-refractivity contribution in [3.8, 4) is 17.0 Å². The van der Waals surface area contributed by atoms with Gasteiger partial charge in [-0.15, -0.1) is 0 Å². The Morgan fingerprint density at radius 1 is 1.40 bits per heavy atom. The number of fused-ring (bicyclic) bond motifs is 1. The number of ether oxygens (including phenoxy) is 2. The first-order chi connectivity index (χ1) is 12.1. The van der Waals surface area contributed by atoms with E-state index in [9.17, 15) is 4.79 Å². The summed E-state index contributed by atoms with van der Waals surface area (Å²) in [4.78, 5) is 13.7. The number of carbonyl (C=O) groups is 1. The molecular formula is C19H24N2O4. The summed E-state index contributed by atoms with van der Waals surface area (Å²) in [6.45, 7) is 3.82. The van der Waals surface area contributed by atoms with Gasteiger partial charge in [0.1, 0.15) is 17.2 Å². The molecule has 3 rings (SSSR count). The number of hydrogen-bond acceptors (Lipinski definition) is 6. The van der Waals surface area contributed by atoms with Gasteiger partial charge >= 0.3 is 5.97 Å². The van der Waals surface area contributed by atoms with Gasteiger partial charge in [0.25, 0.3) is 0 Å². The lowest BCUT2D eigenvalue weighted by Gasteiger charge is -2.31. The second kappa shape index (κ2) is 7.70. The Hall–Kier alpha value is -2.34. The van der Waals surface area contributed by atoms with Crippen LogP contribution in [0.4, 0.5) is 0 Å². The minimum absolute atomic E-state index is 0.161. The van der Waals surface area contributed by atoms with Gasteiger partial charge in [0.15, 0.2) is 0 Å². The van der Waals surface area contributed by atoms with Crippen molar-refractivity contribution >= 4 is 5.97 Å². The summed E-state index contributed by atoms with van der Waals surface area (Å²) < 4.78 is 15.6. The highest BCUT2D eigenvalue weighted by molar-refractivity contribution is 5.69. The lowest BCUT2D eigenvalue weighted by molar-refractivity contribution is -0.141. The zero-order valence-corrected chi connectivity index (χ0v) is 14.9. The normalized spacial score (nSPS) is 15.5. The third kappa shape index (κ3) is 3.85. The Morgan fingerprint density at radius 2 is 2.24 bits per heavy atom. The van der Waals surface area contributed by atoms with Crippen LogP contribution in [0.1, 0.15) is 31.1 Å². The van der Waals surface area contributed by atoms with Crippen LogP contribution in [0.25, 0.3) is 11.3 Å². The summed E-state index contributed by atoms with van der Waals surface area (Å²) in [7, 11) is 3.08. The molecule has 1 aliphatic rings. The van der Waals surface area contributed by atoms with Crippen molar-refractivity contribution in [2.24, 2.45) is 0 Å². The van der Waals surface area contributed by atoms with E-state index in [-0.39, 0.29) is 5.97 Å². The fourth-order valence-corrected chi connectivity index (χ4v) is 3.21. The highest BCUT2D eigenvalue weighted by Gasteiger charge is 2.27. The summed E-state index contributed by atoms with van der Waals surface area (Å²) in [5.74, 6) is 1.59. The lowest BCUT2D eigenvalue weighted by Crippen LogP contribution is -2.37. The number of nitrogens with zero attached hydrogens (tertiary/aromatic N) is 2. The molecule has 0 unspecified atom stereocenters. The second-order valence-corrected chi connectivity index (χ2v) is 6.35. The van der Waals surface area contributed by atoms with E-state index in [4.69, 9.17) is 14.0 Å². The first kappa shape index (κ1) is 17.5. The van der Waals surface area contributed by atoms with Crippen molar-refractivity contribution in [2.75, 3.05) is 20.8 Å². The molecule has 25 heavy (non-hydrogen) atoms. The third-order valence-electron chi connectivity index (χ3n) is 4.82. The van der Waals surface area contributed by atoms with Crippen LogP contribution in [0.5, 0.6) is 5.75 Å². The highest BCUT2D eigenvalue weighted by atomic mass is 16.5. The number of aromatic nitrogens is 1. The van der Waals surface area contributed by atoms with Gasteiger partial charge in [0.2, 0.25) is 0 Å². The average molecular weight is 344 g/mol. The van der Waals surface area contributed by atoms with E-state index in [1.165, 1.54) is 7.11 Å². The van der Waals surface area contributed by atoms with Crippen LogP contribution in [0.3, 0.4) is 0 Å². The maximum Gasteiger partial charge on any atom is 0.305 e. The number of methoxy groups -OCH3 is 2. The molecule has 2 aromatic rings. The molecule has 0 amide bonds. The summed E-state index contributed by atoms with van der Waals surface area (Å²) >= 11 is 0. The van der Waals surface area contributed by atoms with Gasteiger partial charge in [-0.3, -0.25) is 9.69 Å². The van der Waals surface area contributed by atoms with Crippen LogP contribution in [-0.4, -0.2) is 42.8 Å². The number of benzene rings is 1. The van der Waals surface area contributed by atoms with E-state index in [0.29, 0.717) is 12.5 Å². The molecule has 2 heterocycles. The van der Waals surface area contributed by atoms with Crippen molar-refractivity contribution in [1.82, 2.24) is 10.1 Å². The Balaban J connectivity index is 1.76. The number of rotatable bonds is 6. The molecule has 6 heteroatoms. The van der Waals surface area contributed by atoms with Crippen LogP contribution in [0, 0.1) is 0 Å². The molecule has 0 saturated heterocycles. The maximum atomic E-state index is 11.4. The summed E-state index contributed by atoms with van der Waals surface area (Å²) in [5.41, 5.74) is 3.00. The van der Waals surface area contributed by atoms with Gasteiger partial charge in [-0.1, -0.05) is 17.3 Å². The molecular weight excluding hydrogens is 320 g/mol. The minimum atomic E-state index is -0.161. The Bertz CT molecular complexity index is 741. The highest BCUT2D eigenvalue weighted by Crippen LogP contribution is 2.32. The number of carbonyl (C=O) groups excluding carboxylic acids is 1. The van der Waals surface area contributed by atoms with Crippen molar-refractivity contribution < 1.29 is 18.8 Å². The van der Waals surface area contributed by atoms with Crippen molar-refractivity contribution in [3.05, 3.63) is 35.6 Å². The van der Waals surface area contributed by atoms with Crippen LogP contribution >= 0.6 is 0 Å². The number of hydrogen-bond donors (Lipinski definition) is 0. The van der Waals surface area contributed by atoms with E-state index >= 15 is 0 Å². The molecule has 0 saturated carbocycles. The van der Waals surface area contributed by atoms with E-state index in [1.54, 1.807) is 7.11 Å². The summed E-state index contributed by atoms with van der Waals surface area (Å²) in [6.07, 6.45) is 2.05. The van der Waals surface area contributed by atoms with Gasteiger partial charge in [0.05, 0.1) is 14.2 Å². The smallest absolute Gasteiger partial charge is 0.305 e. The van der Waals surface area contributed by atoms with Gasteiger partial charge in [0, 0.05) is 43.1 Å². The molecule has 134 valence electrons.